The number of thiophene rings is 1. The number of benzene rings is 7. The van der Waals surface area contributed by atoms with Gasteiger partial charge in [-0.2, -0.15) is 0 Å². The Labute approximate surface area is 304 Å². The van der Waals surface area contributed by atoms with Gasteiger partial charge in [-0.25, -0.2) is 9.97 Å². The van der Waals surface area contributed by atoms with Crippen molar-refractivity contribution in [1.29, 1.82) is 0 Å². The van der Waals surface area contributed by atoms with Crippen LogP contribution in [0.4, 0.5) is 0 Å². The molecule has 0 bridgehead atoms. The van der Waals surface area contributed by atoms with Crippen molar-refractivity contribution in [2.45, 2.75) is 12.8 Å². The summed E-state index contributed by atoms with van der Waals surface area (Å²) < 4.78 is 4.96. The highest BCUT2D eigenvalue weighted by atomic mass is 32.1. The Morgan fingerprint density at radius 1 is 0.500 bits per heavy atom. The fourth-order valence-electron chi connectivity index (χ4n) is 8.16. The molecule has 0 atom stereocenters. The molecule has 0 N–H and O–H groups in total. The average molecular weight is 682 g/mol. The van der Waals surface area contributed by atoms with Gasteiger partial charge in [-0.05, 0) is 82.4 Å². The largest absolute Gasteiger partial charge is 0.309 e. The van der Waals surface area contributed by atoms with Crippen molar-refractivity contribution in [2.75, 3.05) is 0 Å². The van der Waals surface area contributed by atoms with E-state index in [4.69, 9.17) is 9.97 Å². The summed E-state index contributed by atoms with van der Waals surface area (Å²) in [6.45, 7) is 0. The van der Waals surface area contributed by atoms with Gasteiger partial charge in [0.05, 0.1) is 28.1 Å². The van der Waals surface area contributed by atoms with Crippen LogP contribution in [-0.2, 0) is 0 Å². The van der Waals surface area contributed by atoms with E-state index in [1.807, 2.05) is 11.3 Å². The SMILES string of the molecule is C1=CC(c2cc(-c3ccc4ccccc4c3)nc(-c3ccc4c(c3)sc3cccc(-n5c6ccccc6c6c7ccccc7ccc65)c34)n2)=CCC1. The molecule has 4 heteroatoms. The molecular weight excluding hydrogens is 651 g/mol. The molecule has 3 aromatic heterocycles. The van der Waals surface area contributed by atoms with Crippen LogP contribution in [0.15, 0.2) is 164 Å². The molecular formula is C48H31N3S. The lowest BCUT2D eigenvalue weighted by Gasteiger charge is -2.12. The Balaban J connectivity index is 1.11. The van der Waals surface area contributed by atoms with Crippen molar-refractivity contribution in [3.63, 3.8) is 0 Å². The van der Waals surface area contributed by atoms with Gasteiger partial charge in [-0.3, -0.25) is 0 Å². The van der Waals surface area contributed by atoms with Crippen LogP contribution < -0.4 is 0 Å². The Hall–Kier alpha value is -6.36. The third-order valence-corrected chi connectivity index (χ3v) is 11.7. The lowest BCUT2D eigenvalue weighted by molar-refractivity contribution is 1.03. The van der Waals surface area contributed by atoms with Crippen LogP contribution in [0.25, 0.3) is 97.4 Å². The summed E-state index contributed by atoms with van der Waals surface area (Å²) in [6.07, 6.45) is 8.83. The van der Waals surface area contributed by atoms with Crippen molar-refractivity contribution in [3.05, 3.63) is 170 Å². The van der Waals surface area contributed by atoms with Crippen LogP contribution in [-0.4, -0.2) is 14.5 Å². The van der Waals surface area contributed by atoms with E-state index in [9.17, 15) is 0 Å². The van der Waals surface area contributed by atoms with Crippen LogP contribution in [0.2, 0.25) is 0 Å². The van der Waals surface area contributed by atoms with Gasteiger partial charge in [0.2, 0.25) is 0 Å². The molecule has 7 aromatic carbocycles. The molecule has 0 spiro atoms. The number of nitrogens with zero attached hydrogens (tertiary/aromatic N) is 3. The van der Waals surface area contributed by atoms with Crippen molar-refractivity contribution in [2.24, 2.45) is 0 Å². The summed E-state index contributed by atoms with van der Waals surface area (Å²) in [5.74, 6) is 0.745. The molecule has 10 aromatic rings. The zero-order chi connectivity index (χ0) is 34.2. The summed E-state index contributed by atoms with van der Waals surface area (Å²) >= 11 is 1.84. The second kappa shape index (κ2) is 11.6. The number of aromatic nitrogens is 3. The van der Waals surface area contributed by atoms with Crippen molar-refractivity contribution >= 4 is 80.4 Å². The number of hydrogen-bond donors (Lipinski definition) is 0. The molecule has 1 aliphatic carbocycles. The van der Waals surface area contributed by atoms with Crippen LogP contribution in [0, 0.1) is 0 Å². The fraction of sp³-hybridized carbons (Fsp3) is 0.0417. The van der Waals surface area contributed by atoms with Gasteiger partial charge >= 0.3 is 0 Å². The molecule has 0 aliphatic heterocycles. The average Bonchev–Trinajstić information content (AvgIpc) is 3.76. The van der Waals surface area contributed by atoms with E-state index in [-0.39, 0.29) is 0 Å². The Morgan fingerprint density at radius 3 is 2.19 bits per heavy atom. The van der Waals surface area contributed by atoms with Crippen LogP contribution in [0.5, 0.6) is 0 Å². The van der Waals surface area contributed by atoms with E-state index in [1.165, 1.54) is 69.2 Å². The van der Waals surface area contributed by atoms with Crippen molar-refractivity contribution < 1.29 is 0 Å². The number of allylic oxidation sites excluding steroid dienone is 4. The second-order valence-electron chi connectivity index (χ2n) is 13.7. The van der Waals surface area contributed by atoms with E-state index < -0.39 is 0 Å². The topological polar surface area (TPSA) is 30.7 Å². The zero-order valence-electron chi connectivity index (χ0n) is 28.3. The molecule has 0 saturated heterocycles. The number of para-hydroxylation sites is 1. The van der Waals surface area contributed by atoms with Gasteiger partial charge in [0, 0.05) is 42.1 Å². The highest BCUT2D eigenvalue weighted by Gasteiger charge is 2.19. The van der Waals surface area contributed by atoms with Crippen LogP contribution in [0.3, 0.4) is 0 Å². The first kappa shape index (κ1) is 29.4. The molecule has 11 rings (SSSR count). The van der Waals surface area contributed by atoms with Crippen LogP contribution >= 0.6 is 11.3 Å². The molecule has 0 fully saturated rings. The molecule has 52 heavy (non-hydrogen) atoms. The Bertz CT molecular complexity index is 3140. The van der Waals surface area contributed by atoms with Gasteiger partial charge in [-0.1, -0.05) is 121 Å². The van der Waals surface area contributed by atoms with Gasteiger partial charge in [0.25, 0.3) is 0 Å². The highest BCUT2D eigenvalue weighted by molar-refractivity contribution is 7.26. The zero-order valence-corrected chi connectivity index (χ0v) is 29.1. The first-order valence-corrected chi connectivity index (χ1v) is 18.7. The molecule has 244 valence electrons. The minimum absolute atomic E-state index is 0.745. The summed E-state index contributed by atoms with van der Waals surface area (Å²) in [6, 6.07) is 52.8. The van der Waals surface area contributed by atoms with Crippen molar-refractivity contribution in [3.8, 4) is 28.3 Å². The standard InChI is InChI=1S/C48H31N3S/c1-2-13-32(14-3-1)39-29-40(34-22-21-30-11-4-5-15-33(30)27-34)50-48(49-39)35-23-25-38-45(28-35)52-44-20-10-19-42(47(38)44)51-41-18-9-8-17-37(41)46-36-16-7-6-12-31(36)24-26-43(46)51/h2,4-29H,1,3H2. The van der Waals surface area contributed by atoms with E-state index in [0.29, 0.717) is 0 Å². The maximum atomic E-state index is 5.23. The van der Waals surface area contributed by atoms with Crippen molar-refractivity contribution in [1.82, 2.24) is 14.5 Å². The van der Waals surface area contributed by atoms with Gasteiger partial charge in [0.15, 0.2) is 5.82 Å². The van der Waals surface area contributed by atoms with E-state index in [1.54, 1.807) is 0 Å². The number of hydrogen-bond acceptors (Lipinski definition) is 3. The van der Waals surface area contributed by atoms with Gasteiger partial charge in [0.1, 0.15) is 0 Å². The van der Waals surface area contributed by atoms with E-state index in [0.717, 1.165) is 46.8 Å². The molecule has 0 amide bonds. The highest BCUT2D eigenvalue weighted by Crippen LogP contribution is 2.43. The number of fused-ring (bicyclic) bond motifs is 9. The first-order chi connectivity index (χ1) is 25.8. The summed E-state index contributed by atoms with van der Waals surface area (Å²) in [5.41, 5.74) is 8.80. The predicted octanol–water partition coefficient (Wildman–Crippen LogP) is 13.3. The summed E-state index contributed by atoms with van der Waals surface area (Å²) in [4.78, 5) is 10.4. The lowest BCUT2D eigenvalue weighted by Crippen LogP contribution is -1.99. The third kappa shape index (κ3) is 4.58. The predicted molar refractivity (Wildman–Crippen MR) is 221 cm³/mol. The molecule has 1 aliphatic rings. The Morgan fingerprint density at radius 2 is 1.29 bits per heavy atom. The second-order valence-corrected chi connectivity index (χ2v) is 14.7. The maximum absolute atomic E-state index is 5.23. The van der Waals surface area contributed by atoms with Gasteiger partial charge < -0.3 is 4.57 Å². The molecule has 3 heterocycles. The molecule has 0 saturated carbocycles. The minimum atomic E-state index is 0.745. The normalized spacial score (nSPS) is 13.3. The number of rotatable bonds is 4. The van der Waals surface area contributed by atoms with Crippen LogP contribution in [0.1, 0.15) is 18.5 Å². The first-order valence-electron chi connectivity index (χ1n) is 17.9. The smallest absolute Gasteiger partial charge is 0.160 e. The summed E-state index contributed by atoms with van der Waals surface area (Å²) in [7, 11) is 0. The van der Waals surface area contributed by atoms with E-state index >= 15 is 0 Å². The Kier molecular flexibility index (Phi) is 6.55. The maximum Gasteiger partial charge on any atom is 0.160 e. The lowest BCUT2D eigenvalue weighted by atomic mass is 10.0. The summed E-state index contributed by atoms with van der Waals surface area (Å²) in [5, 5.41) is 10.1. The van der Waals surface area contributed by atoms with Gasteiger partial charge in [-0.15, -0.1) is 11.3 Å². The third-order valence-electron chi connectivity index (χ3n) is 10.6. The fourth-order valence-corrected chi connectivity index (χ4v) is 9.32. The molecule has 3 nitrogen and oxygen atoms in total. The minimum Gasteiger partial charge on any atom is -0.309 e. The molecule has 0 radical (unpaired) electrons. The monoisotopic (exact) mass is 681 g/mol. The quantitative estimate of drug-likeness (QED) is 0.185. The van der Waals surface area contributed by atoms with E-state index in [2.05, 4.69) is 168 Å². The molecule has 0 unspecified atom stereocenters.